The lowest BCUT2D eigenvalue weighted by atomic mass is 10.1. The fourth-order valence-electron chi connectivity index (χ4n) is 2.71. The number of benzene rings is 1. The molecule has 0 amide bonds. The fourth-order valence-corrected chi connectivity index (χ4v) is 3.86. The molecule has 1 aliphatic carbocycles. The standard InChI is InChI=1S/C14H17FN2OS/c1-18-13-7-10(15)5-6-12(13)17-14-16-11-4-2-3-9(11)8-19-14/h5-7,9,11H,2-4,8H2,1H3,(H,16,17). The molecule has 0 saturated heterocycles. The number of rotatable bonds is 2. The lowest BCUT2D eigenvalue weighted by molar-refractivity contribution is 0.413. The molecule has 0 aromatic heterocycles. The van der Waals surface area contributed by atoms with E-state index in [1.807, 2.05) is 0 Å². The number of fused-ring (bicyclic) bond motifs is 1. The Bertz CT molecular complexity index is 506. The molecule has 3 nitrogen and oxygen atoms in total. The first kappa shape index (κ1) is 12.8. The van der Waals surface area contributed by atoms with E-state index < -0.39 is 0 Å². The summed E-state index contributed by atoms with van der Waals surface area (Å²) < 4.78 is 18.3. The number of hydrogen-bond donors (Lipinski definition) is 1. The van der Waals surface area contributed by atoms with Crippen molar-refractivity contribution in [3.8, 4) is 5.75 Å². The van der Waals surface area contributed by atoms with Crippen LogP contribution in [-0.4, -0.2) is 24.1 Å². The second kappa shape index (κ2) is 5.41. The van der Waals surface area contributed by atoms with Gasteiger partial charge in [-0.2, -0.15) is 0 Å². The summed E-state index contributed by atoms with van der Waals surface area (Å²) >= 11 is 1.75. The largest absolute Gasteiger partial charge is 0.494 e. The molecule has 1 saturated carbocycles. The van der Waals surface area contributed by atoms with Gasteiger partial charge >= 0.3 is 0 Å². The highest BCUT2D eigenvalue weighted by Crippen LogP contribution is 2.36. The third kappa shape index (κ3) is 2.71. The van der Waals surface area contributed by atoms with Gasteiger partial charge in [0.1, 0.15) is 11.6 Å². The number of amidine groups is 1. The molecule has 0 radical (unpaired) electrons. The Hall–Kier alpha value is -1.23. The van der Waals surface area contributed by atoms with E-state index in [9.17, 15) is 4.39 Å². The average Bonchev–Trinajstić information content (AvgIpc) is 2.88. The van der Waals surface area contributed by atoms with Crippen molar-refractivity contribution in [3.05, 3.63) is 24.0 Å². The van der Waals surface area contributed by atoms with Gasteiger partial charge in [-0.05, 0) is 30.9 Å². The van der Waals surface area contributed by atoms with Crippen molar-refractivity contribution in [2.24, 2.45) is 10.9 Å². The van der Waals surface area contributed by atoms with E-state index in [4.69, 9.17) is 9.73 Å². The second-order valence-electron chi connectivity index (χ2n) is 4.97. The summed E-state index contributed by atoms with van der Waals surface area (Å²) in [7, 11) is 1.54. The highest BCUT2D eigenvalue weighted by molar-refractivity contribution is 8.14. The lowest BCUT2D eigenvalue weighted by Gasteiger charge is -2.24. The van der Waals surface area contributed by atoms with Crippen LogP contribution < -0.4 is 10.1 Å². The Morgan fingerprint density at radius 3 is 3.16 bits per heavy atom. The van der Waals surface area contributed by atoms with Crippen LogP contribution in [0, 0.1) is 11.7 Å². The first-order valence-corrected chi connectivity index (χ1v) is 7.56. The van der Waals surface area contributed by atoms with Crippen LogP contribution >= 0.6 is 11.8 Å². The number of ether oxygens (including phenoxy) is 1. The van der Waals surface area contributed by atoms with Crippen LogP contribution in [-0.2, 0) is 0 Å². The number of halogens is 1. The zero-order valence-electron chi connectivity index (χ0n) is 10.9. The van der Waals surface area contributed by atoms with Crippen molar-refractivity contribution in [3.63, 3.8) is 0 Å². The predicted molar refractivity (Wildman–Crippen MR) is 77.6 cm³/mol. The fraction of sp³-hybridized carbons (Fsp3) is 0.500. The number of aliphatic imine (C=N–C) groups is 1. The third-order valence-electron chi connectivity index (χ3n) is 3.74. The monoisotopic (exact) mass is 280 g/mol. The molecular weight excluding hydrogens is 263 g/mol. The third-order valence-corrected chi connectivity index (χ3v) is 4.82. The minimum atomic E-state index is -0.295. The van der Waals surface area contributed by atoms with Crippen molar-refractivity contribution >= 4 is 22.6 Å². The molecule has 2 unspecified atom stereocenters. The van der Waals surface area contributed by atoms with E-state index in [1.54, 1.807) is 24.9 Å². The molecule has 0 bridgehead atoms. The summed E-state index contributed by atoms with van der Waals surface area (Å²) in [5.41, 5.74) is 0.770. The van der Waals surface area contributed by atoms with Crippen molar-refractivity contribution in [1.82, 2.24) is 0 Å². The minimum Gasteiger partial charge on any atom is -0.494 e. The van der Waals surface area contributed by atoms with Gasteiger partial charge < -0.3 is 10.1 Å². The number of nitrogens with zero attached hydrogens (tertiary/aromatic N) is 1. The first-order valence-electron chi connectivity index (χ1n) is 6.57. The molecule has 1 aromatic carbocycles. The maximum atomic E-state index is 13.1. The molecule has 1 N–H and O–H groups in total. The summed E-state index contributed by atoms with van der Waals surface area (Å²) in [5, 5.41) is 4.19. The smallest absolute Gasteiger partial charge is 0.161 e. The molecule has 1 fully saturated rings. The van der Waals surface area contributed by atoms with Gasteiger partial charge in [0.05, 0.1) is 18.8 Å². The Balaban J connectivity index is 1.78. The highest BCUT2D eigenvalue weighted by atomic mass is 32.2. The molecule has 102 valence electrons. The van der Waals surface area contributed by atoms with Crippen molar-refractivity contribution < 1.29 is 9.13 Å². The average molecular weight is 280 g/mol. The van der Waals surface area contributed by atoms with Gasteiger partial charge in [0.25, 0.3) is 0 Å². The minimum absolute atomic E-state index is 0.295. The summed E-state index contributed by atoms with van der Waals surface area (Å²) in [6, 6.07) is 4.97. The highest BCUT2D eigenvalue weighted by Gasteiger charge is 2.31. The molecule has 2 atom stereocenters. The number of thioether (sulfide) groups is 1. The van der Waals surface area contributed by atoms with Crippen LogP contribution in [0.3, 0.4) is 0 Å². The van der Waals surface area contributed by atoms with Crippen LogP contribution in [0.25, 0.3) is 0 Å². The molecule has 1 aliphatic heterocycles. The van der Waals surface area contributed by atoms with Crippen LogP contribution in [0.4, 0.5) is 10.1 Å². The summed E-state index contributed by atoms with van der Waals surface area (Å²) in [6.07, 6.45) is 3.78. The predicted octanol–water partition coefficient (Wildman–Crippen LogP) is 3.52. The first-order chi connectivity index (χ1) is 9.26. The maximum Gasteiger partial charge on any atom is 0.161 e. The second-order valence-corrected chi connectivity index (χ2v) is 5.98. The van der Waals surface area contributed by atoms with Gasteiger partial charge in [0.15, 0.2) is 5.17 Å². The summed E-state index contributed by atoms with van der Waals surface area (Å²) in [4.78, 5) is 4.76. The van der Waals surface area contributed by atoms with E-state index >= 15 is 0 Å². The SMILES string of the molecule is COc1cc(F)ccc1NC1=NC2CCCC2CS1. The van der Waals surface area contributed by atoms with Crippen molar-refractivity contribution in [1.29, 1.82) is 0 Å². The molecular formula is C14H17FN2OS. The van der Waals surface area contributed by atoms with Gasteiger partial charge in [0, 0.05) is 11.8 Å². The quantitative estimate of drug-likeness (QED) is 0.900. The Morgan fingerprint density at radius 1 is 1.42 bits per heavy atom. The van der Waals surface area contributed by atoms with Crippen LogP contribution in [0.5, 0.6) is 5.75 Å². The van der Waals surface area contributed by atoms with Crippen molar-refractivity contribution in [2.75, 3.05) is 18.2 Å². The molecule has 1 aromatic rings. The van der Waals surface area contributed by atoms with E-state index in [2.05, 4.69) is 5.32 Å². The van der Waals surface area contributed by atoms with Crippen LogP contribution in [0.1, 0.15) is 19.3 Å². The van der Waals surface area contributed by atoms with Gasteiger partial charge in [-0.15, -0.1) is 0 Å². The van der Waals surface area contributed by atoms with E-state index in [0.29, 0.717) is 11.8 Å². The van der Waals surface area contributed by atoms with Gasteiger partial charge in [0.2, 0.25) is 0 Å². The molecule has 19 heavy (non-hydrogen) atoms. The Labute approximate surface area is 116 Å². The number of nitrogens with one attached hydrogen (secondary N) is 1. The molecule has 0 spiro atoms. The van der Waals surface area contributed by atoms with Gasteiger partial charge in [-0.3, -0.25) is 4.99 Å². The van der Waals surface area contributed by atoms with Crippen LogP contribution in [0.2, 0.25) is 0 Å². The maximum absolute atomic E-state index is 13.1. The normalized spacial score (nSPS) is 25.7. The number of anilines is 1. The number of hydrogen-bond acceptors (Lipinski definition) is 4. The Morgan fingerprint density at radius 2 is 2.32 bits per heavy atom. The summed E-state index contributed by atoms with van der Waals surface area (Å²) in [6.45, 7) is 0. The zero-order valence-corrected chi connectivity index (χ0v) is 11.7. The number of methoxy groups -OCH3 is 1. The Kier molecular flexibility index (Phi) is 3.64. The van der Waals surface area contributed by atoms with Gasteiger partial charge in [-0.25, -0.2) is 4.39 Å². The summed E-state index contributed by atoms with van der Waals surface area (Å²) in [5.74, 6) is 2.08. The van der Waals surface area contributed by atoms with E-state index in [0.717, 1.165) is 22.5 Å². The molecule has 2 aliphatic rings. The molecule has 5 heteroatoms. The topological polar surface area (TPSA) is 33.6 Å². The van der Waals surface area contributed by atoms with E-state index in [1.165, 1.54) is 31.4 Å². The molecule has 3 rings (SSSR count). The van der Waals surface area contributed by atoms with Crippen LogP contribution in [0.15, 0.2) is 23.2 Å². The van der Waals surface area contributed by atoms with E-state index in [-0.39, 0.29) is 5.82 Å². The zero-order chi connectivity index (χ0) is 13.2. The van der Waals surface area contributed by atoms with Crippen molar-refractivity contribution in [2.45, 2.75) is 25.3 Å². The lowest BCUT2D eigenvalue weighted by Crippen LogP contribution is -2.25. The van der Waals surface area contributed by atoms with Gasteiger partial charge in [-0.1, -0.05) is 18.2 Å². The molecule has 1 heterocycles.